The van der Waals surface area contributed by atoms with Gasteiger partial charge in [0.1, 0.15) is 5.75 Å². The molecule has 0 radical (unpaired) electrons. The molecule has 0 aliphatic rings. The number of alkyl halides is 3. The van der Waals surface area contributed by atoms with Gasteiger partial charge in [0, 0.05) is 5.56 Å². The van der Waals surface area contributed by atoms with Crippen LogP contribution in [0.3, 0.4) is 0 Å². The first-order valence-electron chi connectivity index (χ1n) is 6.85. The Morgan fingerprint density at radius 2 is 1.55 bits per heavy atom. The number of carbonyl (C=O) groups is 1. The second kappa shape index (κ2) is 5.91. The highest BCUT2D eigenvalue weighted by atomic mass is 28.4. The third-order valence-electron chi connectivity index (χ3n) is 3.91. The number of Topliss-reactive ketones (excluding diaryl/α,β-unsaturated/α-hetero) is 1. The summed E-state index contributed by atoms with van der Waals surface area (Å²) >= 11 is 0. The van der Waals surface area contributed by atoms with Gasteiger partial charge in [0.05, 0.1) is 5.57 Å². The highest BCUT2D eigenvalue weighted by molar-refractivity contribution is 6.74. The lowest BCUT2D eigenvalue weighted by molar-refractivity contribution is -0.0883. The minimum atomic E-state index is -4.71. The quantitative estimate of drug-likeness (QED) is 0.421. The predicted molar refractivity (Wildman–Crippen MR) is 83.8 cm³/mol. The molecule has 0 amide bonds. The Morgan fingerprint density at radius 1 is 1.09 bits per heavy atom. The Morgan fingerprint density at radius 3 is 1.91 bits per heavy atom. The van der Waals surface area contributed by atoms with E-state index in [1.165, 1.54) is 24.3 Å². The smallest absolute Gasteiger partial charge is 0.419 e. The maximum absolute atomic E-state index is 12.5. The van der Waals surface area contributed by atoms with Gasteiger partial charge in [-0.15, -0.1) is 0 Å². The number of rotatable bonds is 4. The molecule has 0 aromatic heterocycles. The van der Waals surface area contributed by atoms with Crippen LogP contribution < -0.4 is 4.43 Å². The van der Waals surface area contributed by atoms with E-state index in [4.69, 9.17) is 4.43 Å². The minimum absolute atomic E-state index is 0.00601. The van der Waals surface area contributed by atoms with Crippen molar-refractivity contribution in [2.75, 3.05) is 0 Å². The molecular weight excluding hydrogens is 309 g/mol. The Labute approximate surface area is 130 Å². The minimum Gasteiger partial charge on any atom is -0.544 e. The summed E-state index contributed by atoms with van der Waals surface area (Å²) in [5.41, 5.74) is -1.42. The molecule has 22 heavy (non-hydrogen) atoms. The monoisotopic (exact) mass is 330 g/mol. The van der Waals surface area contributed by atoms with Crippen molar-refractivity contribution >= 4 is 14.1 Å². The topological polar surface area (TPSA) is 26.3 Å². The summed E-state index contributed by atoms with van der Waals surface area (Å²) in [4.78, 5) is 11.7. The lowest BCUT2D eigenvalue weighted by Gasteiger charge is -2.36. The van der Waals surface area contributed by atoms with Crippen molar-refractivity contribution in [1.82, 2.24) is 0 Å². The SMILES string of the molecule is C=C(C(=O)c1ccc(O[Si](C)(C)C(C)(C)C)cc1)C(F)(F)F. The van der Waals surface area contributed by atoms with Gasteiger partial charge in [-0.05, 0) is 42.4 Å². The first-order chi connectivity index (χ1) is 9.75. The van der Waals surface area contributed by atoms with Crippen LogP contribution in [0.15, 0.2) is 36.4 Å². The average molecular weight is 330 g/mol. The van der Waals surface area contributed by atoms with Gasteiger partial charge in [-0.25, -0.2) is 0 Å². The Bertz CT molecular complexity index is 567. The molecule has 1 aromatic carbocycles. The van der Waals surface area contributed by atoms with Gasteiger partial charge >= 0.3 is 6.18 Å². The molecule has 122 valence electrons. The van der Waals surface area contributed by atoms with Crippen LogP contribution in [0.5, 0.6) is 5.75 Å². The number of ketones is 1. The van der Waals surface area contributed by atoms with E-state index in [2.05, 4.69) is 40.4 Å². The predicted octanol–water partition coefficient (Wildman–Crippen LogP) is 5.37. The van der Waals surface area contributed by atoms with E-state index in [0.29, 0.717) is 5.75 Å². The van der Waals surface area contributed by atoms with E-state index in [-0.39, 0.29) is 10.6 Å². The molecule has 6 heteroatoms. The molecule has 0 atom stereocenters. The maximum Gasteiger partial charge on any atom is 0.419 e. The summed E-state index contributed by atoms with van der Waals surface area (Å²) in [7, 11) is -2.02. The highest BCUT2D eigenvalue weighted by Crippen LogP contribution is 2.37. The number of hydrogen-bond donors (Lipinski definition) is 0. The molecular formula is C16H21F3O2Si. The third kappa shape index (κ3) is 4.22. The number of allylic oxidation sites excluding steroid dienone is 1. The van der Waals surface area contributed by atoms with Crippen LogP contribution in [0.2, 0.25) is 18.1 Å². The van der Waals surface area contributed by atoms with E-state index in [1.54, 1.807) is 0 Å². The van der Waals surface area contributed by atoms with E-state index in [1.807, 2.05) is 0 Å². The molecule has 0 bridgehead atoms. The number of benzene rings is 1. The fourth-order valence-electron chi connectivity index (χ4n) is 1.43. The number of carbonyl (C=O) groups excluding carboxylic acids is 1. The van der Waals surface area contributed by atoms with Gasteiger partial charge in [0.2, 0.25) is 8.32 Å². The Kier molecular flexibility index (Phi) is 4.97. The van der Waals surface area contributed by atoms with Gasteiger partial charge in [0.25, 0.3) is 0 Å². The van der Waals surface area contributed by atoms with E-state index < -0.39 is 25.9 Å². The van der Waals surface area contributed by atoms with Crippen molar-refractivity contribution in [1.29, 1.82) is 0 Å². The molecule has 0 spiro atoms. The van der Waals surface area contributed by atoms with Crippen molar-refractivity contribution < 1.29 is 22.4 Å². The van der Waals surface area contributed by atoms with Crippen molar-refractivity contribution in [3.05, 3.63) is 42.0 Å². The number of hydrogen-bond acceptors (Lipinski definition) is 2. The van der Waals surface area contributed by atoms with Gasteiger partial charge in [-0.3, -0.25) is 4.79 Å². The zero-order chi connectivity index (χ0) is 17.3. The van der Waals surface area contributed by atoms with Crippen LogP contribution in [0.1, 0.15) is 31.1 Å². The normalized spacial score (nSPS) is 12.9. The molecule has 0 aliphatic carbocycles. The fourth-order valence-corrected chi connectivity index (χ4v) is 2.46. The standard InChI is InChI=1S/C16H21F3O2Si/c1-11(16(17,18)19)14(20)12-7-9-13(10-8-12)21-22(5,6)15(2,3)4/h7-10H,1H2,2-6H3. The van der Waals surface area contributed by atoms with Crippen molar-refractivity contribution in [3.63, 3.8) is 0 Å². The summed E-state index contributed by atoms with van der Waals surface area (Å²) in [5.74, 6) is -0.563. The summed E-state index contributed by atoms with van der Waals surface area (Å²) in [6.07, 6.45) is -4.71. The molecule has 1 aromatic rings. The lowest BCUT2D eigenvalue weighted by atomic mass is 10.0. The summed E-state index contributed by atoms with van der Waals surface area (Å²) < 4.78 is 43.4. The molecule has 0 heterocycles. The van der Waals surface area contributed by atoms with E-state index in [9.17, 15) is 18.0 Å². The van der Waals surface area contributed by atoms with Crippen LogP contribution in [0.25, 0.3) is 0 Å². The second-order valence-corrected chi connectivity index (χ2v) is 11.4. The zero-order valence-electron chi connectivity index (χ0n) is 13.5. The van der Waals surface area contributed by atoms with Crippen LogP contribution in [-0.4, -0.2) is 20.3 Å². The van der Waals surface area contributed by atoms with Crippen LogP contribution >= 0.6 is 0 Å². The molecule has 0 unspecified atom stereocenters. The van der Waals surface area contributed by atoms with Crippen LogP contribution in [-0.2, 0) is 0 Å². The average Bonchev–Trinajstić information content (AvgIpc) is 2.35. The third-order valence-corrected chi connectivity index (χ3v) is 8.27. The molecule has 0 saturated carbocycles. The largest absolute Gasteiger partial charge is 0.544 e. The zero-order valence-corrected chi connectivity index (χ0v) is 14.5. The lowest BCUT2D eigenvalue weighted by Crippen LogP contribution is -2.43. The van der Waals surface area contributed by atoms with Crippen molar-refractivity contribution in [3.8, 4) is 5.75 Å². The molecule has 0 saturated heterocycles. The summed E-state index contributed by atoms with van der Waals surface area (Å²) in [6.45, 7) is 13.2. The van der Waals surface area contributed by atoms with Crippen molar-refractivity contribution in [2.45, 2.75) is 45.1 Å². The Hall–Kier alpha value is -1.56. The van der Waals surface area contributed by atoms with Gasteiger partial charge in [-0.2, -0.15) is 13.2 Å². The first kappa shape index (κ1) is 18.5. The van der Waals surface area contributed by atoms with E-state index in [0.717, 1.165) is 0 Å². The maximum atomic E-state index is 12.5. The van der Waals surface area contributed by atoms with Crippen molar-refractivity contribution in [2.24, 2.45) is 0 Å². The van der Waals surface area contributed by atoms with Crippen LogP contribution in [0, 0.1) is 0 Å². The molecule has 0 fully saturated rings. The summed E-state index contributed by atoms with van der Waals surface area (Å²) in [5, 5.41) is 0.00601. The van der Waals surface area contributed by atoms with Gasteiger partial charge < -0.3 is 4.43 Å². The highest BCUT2D eigenvalue weighted by Gasteiger charge is 2.39. The Balaban J connectivity index is 2.93. The van der Waals surface area contributed by atoms with Crippen LogP contribution in [0.4, 0.5) is 13.2 Å². The molecule has 1 rings (SSSR count). The first-order valence-corrected chi connectivity index (χ1v) is 9.76. The summed E-state index contributed by atoms with van der Waals surface area (Å²) in [6, 6.07) is 5.72. The molecule has 0 aliphatic heterocycles. The van der Waals surface area contributed by atoms with Gasteiger partial charge in [-0.1, -0.05) is 27.4 Å². The van der Waals surface area contributed by atoms with Gasteiger partial charge in [0.15, 0.2) is 5.78 Å². The fraction of sp³-hybridized carbons (Fsp3) is 0.438. The molecule has 0 N–H and O–H groups in total. The van der Waals surface area contributed by atoms with E-state index >= 15 is 0 Å². The second-order valence-electron chi connectivity index (χ2n) is 6.69. The molecule has 2 nitrogen and oxygen atoms in total. The number of halogens is 3.